The Labute approximate surface area is 291 Å². The van der Waals surface area contributed by atoms with Gasteiger partial charge in [0.1, 0.15) is 30.8 Å². The summed E-state index contributed by atoms with van der Waals surface area (Å²) < 4.78 is 43.0. The molecule has 0 saturated carbocycles. The molecule has 2 heterocycles. The summed E-state index contributed by atoms with van der Waals surface area (Å²) in [6, 6.07) is 0. The van der Waals surface area contributed by atoms with Gasteiger partial charge in [0.25, 0.3) is 5.56 Å². The number of unbranched alkanes of at least 4 members (excludes halogenated alkanes) is 13. The highest BCUT2D eigenvalue weighted by atomic mass is 31.2. The van der Waals surface area contributed by atoms with E-state index in [0.717, 1.165) is 12.8 Å². The summed E-state index contributed by atoms with van der Waals surface area (Å²) in [6.07, 6.45) is 10.3. The van der Waals surface area contributed by atoms with Crippen molar-refractivity contribution in [2.45, 2.75) is 160 Å². The minimum Gasteiger partial charge on any atom is -0.394 e. The van der Waals surface area contributed by atoms with Gasteiger partial charge < -0.3 is 39.2 Å². The zero-order chi connectivity index (χ0) is 36.1. The second kappa shape index (κ2) is 24.7. The molecule has 1 aromatic heterocycles. The monoisotopic (exact) mass is 722 g/mol. The number of aliphatic hydroxyl groups excluding tert-OH is 4. The first-order valence-electron chi connectivity index (χ1n) is 18.2. The summed E-state index contributed by atoms with van der Waals surface area (Å²) in [5.74, 6) is 0. The molecule has 0 spiro atoms. The van der Waals surface area contributed by atoms with Crippen LogP contribution in [0.15, 0.2) is 15.8 Å². The van der Waals surface area contributed by atoms with Gasteiger partial charge in [0.2, 0.25) is 0 Å². The number of hydrogen-bond donors (Lipinski definition) is 5. The number of aromatic amines is 1. The summed E-state index contributed by atoms with van der Waals surface area (Å²) in [6.45, 7) is 5.70. The second-order valence-corrected chi connectivity index (χ2v) is 15.1. The molecule has 2 rings (SSSR count). The number of H-pyrrole nitrogens is 1. The summed E-state index contributed by atoms with van der Waals surface area (Å²) in [7, 11) is -4.17. The fourth-order valence-corrected chi connectivity index (χ4v) is 7.11. The van der Waals surface area contributed by atoms with Gasteiger partial charge in [-0.15, -0.1) is 0 Å². The summed E-state index contributed by atoms with van der Waals surface area (Å²) in [5, 5.41) is 40.2. The number of nitrogens with one attached hydrogen (secondary N) is 1. The molecule has 49 heavy (non-hydrogen) atoms. The molecule has 1 aliphatic heterocycles. The highest BCUT2D eigenvalue weighted by molar-refractivity contribution is 7.53. The van der Waals surface area contributed by atoms with Gasteiger partial charge in [-0.2, -0.15) is 0 Å². The van der Waals surface area contributed by atoms with Crippen molar-refractivity contribution in [1.29, 1.82) is 0 Å². The van der Waals surface area contributed by atoms with Crippen LogP contribution < -0.4 is 11.2 Å². The van der Waals surface area contributed by atoms with Crippen molar-refractivity contribution in [3.8, 4) is 0 Å². The molecular formula is C34H63N2O12P. The SMILES string of the molecule is CCCCCCCCCCCCCCCCOCCCOP(=O)(COC(C)Cn1cc(C)c(=O)[nH]c1=O)O[C@H]1O[C@H](CO)[C@H](O)[C@H](O)[C@H]1O. The van der Waals surface area contributed by atoms with Gasteiger partial charge >= 0.3 is 13.3 Å². The third-order valence-corrected chi connectivity index (χ3v) is 10.2. The van der Waals surface area contributed by atoms with Gasteiger partial charge in [0, 0.05) is 25.0 Å². The van der Waals surface area contributed by atoms with Crippen LogP contribution in [0.1, 0.15) is 116 Å². The molecule has 5 N–H and O–H groups in total. The average molecular weight is 723 g/mol. The van der Waals surface area contributed by atoms with Crippen LogP contribution in [0.25, 0.3) is 0 Å². The van der Waals surface area contributed by atoms with Crippen LogP contribution in [0.2, 0.25) is 0 Å². The van der Waals surface area contributed by atoms with Crippen molar-refractivity contribution in [3.63, 3.8) is 0 Å². The zero-order valence-corrected chi connectivity index (χ0v) is 30.7. The van der Waals surface area contributed by atoms with Gasteiger partial charge in [-0.05, 0) is 26.7 Å². The van der Waals surface area contributed by atoms with Gasteiger partial charge in [0.05, 0.1) is 25.9 Å². The van der Waals surface area contributed by atoms with Gasteiger partial charge in [-0.25, -0.2) is 4.79 Å². The molecule has 0 amide bonds. The van der Waals surface area contributed by atoms with Gasteiger partial charge in [0.15, 0.2) is 6.29 Å². The minimum atomic E-state index is -4.17. The Kier molecular flexibility index (Phi) is 22.0. The molecule has 1 fully saturated rings. The van der Waals surface area contributed by atoms with Crippen molar-refractivity contribution in [1.82, 2.24) is 9.55 Å². The van der Waals surface area contributed by atoms with E-state index in [0.29, 0.717) is 25.2 Å². The van der Waals surface area contributed by atoms with E-state index in [9.17, 15) is 34.6 Å². The van der Waals surface area contributed by atoms with Crippen LogP contribution in [0.3, 0.4) is 0 Å². The summed E-state index contributed by atoms with van der Waals surface area (Å²) in [5.41, 5.74) is -0.792. The topological polar surface area (TPSA) is 199 Å². The van der Waals surface area contributed by atoms with Crippen LogP contribution in [-0.2, 0) is 34.4 Å². The molecule has 15 heteroatoms. The lowest BCUT2D eigenvalue weighted by molar-refractivity contribution is -0.279. The van der Waals surface area contributed by atoms with Gasteiger partial charge in [-0.3, -0.25) is 23.4 Å². The second-order valence-electron chi connectivity index (χ2n) is 13.1. The zero-order valence-electron chi connectivity index (χ0n) is 29.8. The fraction of sp³-hybridized carbons (Fsp3) is 0.882. The lowest BCUT2D eigenvalue weighted by Gasteiger charge is -2.40. The smallest absolute Gasteiger partial charge is 0.358 e. The Bertz CT molecular complexity index is 1180. The quantitative estimate of drug-likeness (QED) is 0.0614. The van der Waals surface area contributed by atoms with E-state index >= 15 is 0 Å². The molecule has 0 aromatic carbocycles. The third kappa shape index (κ3) is 17.1. The van der Waals surface area contributed by atoms with Crippen molar-refractivity contribution < 1.29 is 48.2 Å². The standard InChI is InChI=1S/C34H63N2O12P/c1-4-5-6-7-8-9-10-11-12-13-14-15-16-17-19-44-20-18-21-46-49(43,48-33-31(40)30(39)29(38)28(24-37)47-33)25-45-27(3)23-36-22-26(2)32(41)35-34(36)42/h22,27-31,33,37-40H,4-21,23-25H2,1-3H3,(H,35,41,42)/t27?,28-,29+,30+,31-,33-,49?/m1/s1. The predicted molar refractivity (Wildman–Crippen MR) is 186 cm³/mol. The van der Waals surface area contributed by atoms with E-state index in [4.69, 9.17) is 23.3 Å². The number of aryl methyl sites for hydroxylation is 1. The van der Waals surface area contributed by atoms with Crippen LogP contribution in [0.5, 0.6) is 0 Å². The average Bonchev–Trinajstić information content (AvgIpc) is 3.07. The Hall–Kier alpha value is -1.45. The van der Waals surface area contributed by atoms with Crippen molar-refractivity contribution in [2.24, 2.45) is 0 Å². The van der Waals surface area contributed by atoms with Crippen LogP contribution in [0.4, 0.5) is 0 Å². The molecule has 286 valence electrons. The van der Waals surface area contributed by atoms with E-state index in [1.807, 2.05) is 0 Å². The molecular weight excluding hydrogens is 659 g/mol. The predicted octanol–water partition coefficient (Wildman–Crippen LogP) is 4.12. The third-order valence-electron chi connectivity index (χ3n) is 8.64. The number of ether oxygens (including phenoxy) is 3. The van der Waals surface area contributed by atoms with Crippen LogP contribution in [-0.4, -0.2) is 99.6 Å². The van der Waals surface area contributed by atoms with Crippen molar-refractivity contribution in [3.05, 3.63) is 32.6 Å². The lowest BCUT2D eigenvalue weighted by Crippen LogP contribution is -2.59. The number of aliphatic hydroxyl groups is 4. The molecule has 1 aliphatic rings. The van der Waals surface area contributed by atoms with Crippen molar-refractivity contribution in [2.75, 3.05) is 32.8 Å². The molecule has 14 nitrogen and oxygen atoms in total. The molecule has 7 atom stereocenters. The number of hydrogen-bond acceptors (Lipinski definition) is 12. The maximum Gasteiger partial charge on any atom is 0.358 e. The molecule has 2 unspecified atom stereocenters. The summed E-state index contributed by atoms with van der Waals surface area (Å²) in [4.78, 5) is 26.1. The van der Waals surface area contributed by atoms with E-state index in [1.54, 1.807) is 13.8 Å². The highest BCUT2D eigenvalue weighted by Gasteiger charge is 2.47. The lowest BCUT2D eigenvalue weighted by atomic mass is 10.00. The number of nitrogens with zero attached hydrogens (tertiary/aromatic N) is 1. The van der Waals surface area contributed by atoms with Crippen LogP contribution in [0, 0.1) is 6.92 Å². The Morgan fingerprint density at radius 2 is 1.43 bits per heavy atom. The molecule has 1 saturated heterocycles. The normalized spacial score (nSPS) is 23.0. The largest absolute Gasteiger partial charge is 0.394 e. The van der Waals surface area contributed by atoms with E-state index in [-0.39, 0.29) is 13.2 Å². The molecule has 0 radical (unpaired) electrons. The highest BCUT2D eigenvalue weighted by Crippen LogP contribution is 2.51. The first-order valence-corrected chi connectivity index (χ1v) is 20.0. The first-order chi connectivity index (χ1) is 23.5. The fourth-order valence-electron chi connectivity index (χ4n) is 5.58. The number of aromatic nitrogens is 2. The first kappa shape index (κ1) is 43.7. The molecule has 1 aromatic rings. The van der Waals surface area contributed by atoms with Gasteiger partial charge in [-0.1, -0.05) is 90.4 Å². The molecule has 0 aliphatic carbocycles. The molecule has 0 bridgehead atoms. The van der Waals surface area contributed by atoms with Crippen LogP contribution >= 0.6 is 7.60 Å². The van der Waals surface area contributed by atoms with E-state index in [2.05, 4.69) is 11.9 Å². The number of rotatable bonds is 28. The Morgan fingerprint density at radius 1 is 0.857 bits per heavy atom. The summed E-state index contributed by atoms with van der Waals surface area (Å²) >= 11 is 0. The Balaban J connectivity index is 1.73. The maximum absolute atomic E-state index is 13.8. The van der Waals surface area contributed by atoms with Crippen molar-refractivity contribution >= 4 is 7.60 Å². The Morgan fingerprint density at radius 3 is 2.02 bits per heavy atom. The minimum absolute atomic E-state index is 0.0175. The van der Waals surface area contributed by atoms with E-state index < -0.39 is 68.6 Å². The maximum atomic E-state index is 13.8. The van der Waals surface area contributed by atoms with E-state index in [1.165, 1.54) is 87.8 Å².